The van der Waals surface area contributed by atoms with Crippen molar-refractivity contribution in [3.05, 3.63) is 82.6 Å². The molecule has 2 aromatic carbocycles. The lowest BCUT2D eigenvalue weighted by atomic mass is 9.88. The Hall–Kier alpha value is -3.06. The van der Waals surface area contributed by atoms with Crippen molar-refractivity contribution in [3.63, 3.8) is 0 Å². The highest BCUT2D eigenvalue weighted by Gasteiger charge is 2.18. The third-order valence-electron chi connectivity index (χ3n) is 5.73. The highest BCUT2D eigenvalue weighted by molar-refractivity contribution is 5.97. The predicted octanol–water partition coefficient (Wildman–Crippen LogP) is 4.76. The molecule has 1 unspecified atom stereocenters. The molecule has 0 aliphatic heterocycles. The van der Waals surface area contributed by atoms with Crippen molar-refractivity contribution in [1.82, 2.24) is 10.6 Å². The van der Waals surface area contributed by atoms with Gasteiger partial charge in [-0.25, -0.2) is 0 Å². The van der Waals surface area contributed by atoms with Crippen LogP contribution in [0, 0.1) is 11.3 Å². The van der Waals surface area contributed by atoms with Crippen molar-refractivity contribution in [1.29, 1.82) is 5.26 Å². The first kappa shape index (κ1) is 21.6. The van der Waals surface area contributed by atoms with Crippen molar-refractivity contribution < 1.29 is 4.79 Å². The zero-order valence-electron chi connectivity index (χ0n) is 17.8. The van der Waals surface area contributed by atoms with Gasteiger partial charge in [-0.15, -0.1) is 0 Å². The first-order chi connectivity index (χ1) is 14.7. The monoisotopic (exact) mass is 401 g/mol. The van der Waals surface area contributed by atoms with Crippen LogP contribution in [0.2, 0.25) is 0 Å². The van der Waals surface area contributed by atoms with Gasteiger partial charge in [0.1, 0.15) is 11.6 Å². The number of nitrogens with one attached hydrogen (secondary N) is 2. The minimum Gasteiger partial charge on any atom is -0.390 e. The van der Waals surface area contributed by atoms with E-state index >= 15 is 0 Å². The number of hydrogen-bond acceptors (Lipinski definition) is 3. The predicted molar refractivity (Wildman–Crippen MR) is 121 cm³/mol. The van der Waals surface area contributed by atoms with E-state index in [0.29, 0.717) is 0 Å². The van der Waals surface area contributed by atoms with E-state index in [1.54, 1.807) is 6.20 Å². The molecule has 4 nitrogen and oxygen atoms in total. The van der Waals surface area contributed by atoms with Gasteiger partial charge >= 0.3 is 0 Å². The van der Waals surface area contributed by atoms with E-state index in [4.69, 9.17) is 0 Å². The molecule has 0 heterocycles. The zero-order valence-corrected chi connectivity index (χ0v) is 17.8. The second kappa shape index (κ2) is 11.2. The average molecular weight is 402 g/mol. The molecule has 2 aromatic rings. The van der Waals surface area contributed by atoms with Crippen LogP contribution < -0.4 is 10.6 Å². The molecular formula is C26H31N3O. The summed E-state index contributed by atoms with van der Waals surface area (Å²) in [5.41, 5.74) is 5.37. The van der Waals surface area contributed by atoms with E-state index in [0.717, 1.165) is 44.2 Å². The normalized spacial score (nSPS) is 14.3. The summed E-state index contributed by atoms with van der Waals surface area (Å²) in [4.78, 5) is 12.6. The number of hydrogen-bond donors (Lipinski definition) is 2. The SMILES string of the molecule is CCC(NC(=O)/C(C#N)=C\NCCCc1ccccc1)c1ccc2c(c1)CCCC2. The number of rotatable bonds is 9. The largest absolute Gasteiger partial charge is 0.390 e. The first-order valence-electron chi connectivity index (χ1n) is 11.0. The van der Waals surface area contributed by atoms with Crippen molar-refractivity contribution in [2.75, 3.05) is 6.54 Å². The number of fused-ring (bicyclic) bond motifs is 1. The smallest absolute Gasteiger partial charge is 0.263 e. The van der Waals surface area contributed by atoms with Gasteiger partial charge in [0.15, 0.2) is 0 Å². The summed E-state index contributed by atoms with van der Waals surface area (Å²) in [7, 11) is 0. The molecule has 0 aromatic heterocycles. The molecule has 4 heteroatoms. The fourth-order valence-electron chi connectivity index (χ4n) is 3.99. The topological polar surface area (TPSA) is 64.9 Å². The summed E-state index contributed by atoms with van der Waals surface area (Å²) in [6.07, 6.45) is 8.98. The molecule has 0 saturated carbocycles. The van der Waals surface area contributed by atoms with Crippen LogP contribution in [0.5, 0.6) is 0 Å². The molecule has 1 amide bonds. The Morgan fingerprint density at radius 2 is 1.90 bits per heavy atom. The molecule has 1 aliphatic rings. The van der Waals surface area contributed by atoms with Crippen molar-refractivity contribution >= 4 is 5.91 Å². The summed E-state index contributed by atoms with van der Waals surface area (Å²) in [6.45, 7) is 2.78. The van der Waals surface area contributed by atoms with Crippen molar-refractivity contribution in [3.8, 4) is 6.07 Å². The summed E-state index contributed by atoms with van der Waals surface area (Å²) < 4.78 is 0. The highest BCUT2D eigenvalue weighted by Crippen LogP contribution is 2.26. The van der Waals surface area contributed by atoms with E-state index < -0.39 is 0 Å². The van der Waals surface area contributed by atoms with Gasteiger partial charge in [-0.05, 0) is 67.2 Å². The number of nitriles is 1. The Labute approximate surface area is 180 Å². The van der Waals surface area contributed by atoms with Gasteiger partial charge < -0.3 is 10.6 Å². The number of benzene rings is 2. The second-order valence-electron chi connectivity index (χ2n) is 7.88. The van der Waals surface area contributed by atoms with E-state index in [2.05, 4.69) is 47.9 Å². The van der Waals surface area contributed by atoms with Crippen LogP contribution in [-0.2, 0) is 24.1 Å². The van der Waals surface area contributed by atoms with Crippen molar-refractivity contribution in [2.45, 2.75) is 57.9 Å². The quantitative estimate of drug-likeness (QED) is 0.362. The molecule has 0 saturated heterocycles. The Kier molecular flexibility index (Phi) is 8.09. The Bertz CT molecular complexity index is 912. The van der Waals surface area contributed by atoms with Crippen LogP contribution >= 0.6 is 0 Å². The molecule has 30 heavy (non-hydrogen) atoms. The lowest BCUT2D eigenvalue weighted by Gasteiger charge is -2.21. The molecule has 0 bridgehead atoms. The van der Waals surface area contributed by atoms with Gasteiger partial charge in [-0.1, -0.05) is 55.5 Å². The average Bonchev–Trinajstić information content (AvgIpc) is 2.80. The number of amides is 1. The fourth-order valence-corrected chi connectivity index (χ4v) is 3.99. The number of aryl methyl sites for hydroxylation is 3. The van der Waals surface area contributed by atoms with Crippen LogP contribution in [-0.4, -0.2) is 12.5 Å². The standard InChI is InChI=1S/C26H31N3O/c1-2-25(23-15-14-21-12-6-7-13-22(21)17-23)29-26(30)24(18-27)19-28-16-8-11-20-9-4-3-5-10-20/h3-5,9-10,14-15,17,19,25,28H,2,6-8,11-13,16H2,1H3,(H,29,30)/b24-19-. The maximum atomic E-state index is 12.6. The molecule has 0 fully saturated rings. The summed E-state index contributed by atoms with van der Waals surface area (Å²) in [6, 6.07) is 18.8. The van der Waals surface area contributed by atoms with Crippen LogP contribution in [0.3, 0.4) is 0 Å². The van der Waals surface area contributed by atoms with Gasteiger partial charge in [0, 0.05) is 12.7 Å². The van der Waals surface area contributed by atoms with E-state index in [1.807, 2.05) is 24.3 Å². The molecule has 0 radical (unpaired) electrons. The van der Waals surface area contributed by atoms with E-state index in [-0.39, 0.29) is 17.5 Å². The summed E-state index contributed by atoms with van der Waals surface area (Å²) >= 11 is 0. The zero-order chi connectivity index (χ0) is 21.2. The van der Waals surface area contributed by atoms with E-state index in [9.17, 15) is 10.1 Å². The minimum absolute atomic E-state index is 0.0837. The maximum Gasteiger partial charge on any atom is 0.263 e. The third-order valence-corrected chi connectivity index (χ3v) is 5.73. The fraction of sp³-hybridized carbons (Fsp3) is 0.385. The van der Waals surface area contributed by atoms with Gasteiger partial charge in [0.2, 0.25) is 0 Å². The lowest BCUT2D eigenvalue weighted by Crippen LogP contribution is -2.30. The Morgan fingerprint density at radius 3 is 2.63 bits per heavy atom. The number of carbonyl (C=O) groups is 1. The van der Waals surface area contributed by atoms with Gasteiger partial charge in [0.25, 0.3) is 5.91 Å². The van der Waals surface area contributed by atoms with Crippen LogP contribution in [0.1, 0.15) is 60.9 Å². The Morgan fingerprint density at radius 1 is 1.13 bits per heavy atom. The molecule has 156 valence electrons. The minimum atomic E-state index is -0.322. The van der Waals surface area contributed by atoms with Crippen LogP contribution in [0.15, 0.2) is 60.3 Å². The van der Waals surface area contributed by atoms with Crippen LogP contribution in [0.25, 0.3) is 0 Å². The maximum absolute atomic E-state index is 12.6. The Balaban J connectivity index is 1.54. The van der Waals surface area contributed by atoms with Gasteiger partial charge in [-0.3, -0.25) is 4.79 Å². The second-order valence-corrected chi connectivity index (χ2v) is 7.88. The highest BCUT2D eigenvalue weighted by atomic mass is 16.1. The van der Waals surface area contributed by atoms with Gasteiger partial charge in [-0.2, -0.15) is 5.26 Å². The molecular weight excluding hydrogens is 370 g/mol. The first-order valence-corrected chi connectivity index (χ1v) is 11.0. The van der Waals surface area contributed by atoms with Crippen LogP contribution in [0.4, 0.5) is 0 Å². The number of carbonyl (C=O) groups excluding carboxylic acids is 1. The molecule has 1 aliphatic carbocycles. The molecule has 3 rings (SSSR count). The summed E-state index contributed by atoms with van der Waals surface area (Å²) in [5, 5.41) is 15.6. The molecule has 1 atom stereocenters. The lowest BCUT2D eigenvalue weighted by molar-refractivity contribution is -0.117. The van der Waals surface area contributed by atoms with E-state index in [1.165, 1.54) is 29.5 Å². The van der Waals surface area contributed by atoms with Gasteiger partial charge in [0.05, 0.1) is 6.04 Å². The summed E-state index contributed by atoms with van der Waals surface area (Å²) in [5.74, 6) is -0.322. The number of nitrogens with zero attached hydrogens (tertiary/aromatic N) is 1. The molecule has 0 spiro atoms. The van der Waals surface area contributed by atoms with Crippen molar-refractivity contribution in [2.24, 2.45) is 0 Å². The third kappa shape index (κ3) is 5.97. The molecule has 2 N–H and O–H groups in total.